The molecule has 3 heterocycles. The average molecular weight is 382 g/mol. The van der Waals surface area contributed by atoms with E-state index in [1.165, 1.54) is 12.3 Å². The second-order valence-corrected chi connectivity index (χ2v) is 5.70. The van der Waals surface area contributed by atoms with E-state index in [4.69, 9.17) is 10.5 Å². The van der Waals surface area contributed by atoms with Crippen LogP contribution in [-0.4, -0.2) is 34.1 Å². The first-order valence-electron chi connectivity index (χ1n) is 8.51. The number of nitrogens with zero attached hydrogens (tertiary/aromatic N) is 3. The molecule has 144 valence electrons. The van der Waals surface area contributed by atoms with Crippen molar-refractivity contribution in [2.45, 2.75) is 6.54 Å². The second kappa shape index (κ2) is 9.26. The summed E-state index contributed by atoms with van der Waals surface area (Å²) in [5.74, 6) is 0.428. The number of alkyl halides is 1. The van der Waals surface area contributed by atoms with Crippen LogP contribution in [0.5, 0.6) is 5.75 Å². The van der Waals surface area contributed by atoms with Crippen molar-refractivity contribution in [1.29, 1.82) is 0 Å². The van der Waals surface area contributed by atoms with E-state index >= 15 is 0 Å². The van der Waals surface area contributed by atoms with E-state index in [0.29, 0.717) is 35.2 Å². The van der Waals surface area contributed by atoms with Gasteiger partial charge in [-0.15, -0.1) is 0 Å². The van der Waals surface area contributed by atoms with Crippen molar-refractivity contribution in [3.63, 3.8) is 0 Å². The molecule has 3 aromatic rings. The van der Waals surface area contributed by atoms with Gasteiger partial charge in [-0.1, -0.05) is 0 Å². The van der Waals surface area contributed by atoms with Gasteiger partial charge in [-0.3, -0.25) is 9.78 Å². The van der Waals surface area contributed by atoms with Gasteiger partial charge in [0.1, 0.15) is 30.5 Å². The van der Waals surface area contributed by atoms with Crippen LogP contribution in [0.15, 0.2) is 55.0 Å². The normalized spacial score (nSPS) is 10.3. The Bertz CT molecular complexity index is 936. The predicted molar refractivity (Wildman–Crippen MR) is 104 cm³/mol. The van der Waals surface area contributed by atoms with Crippen LogP contribution < -0.4 is 21.1 Å². The summed E-state index contributed by atoms with van der Waals surface area (Å²) in [4.78, 5) is 24.6. The summed E-state index contributed by atoms with van der Waals surface area (Å²) >= 11 is 0. The highest BCUT2D eigenvalue weighted by Gasteiger charge is 2.09. The number of rotatable bonds is 8. The van der Waals surface area contributed by atoms with Crippen molar-refractivity contribution in [3.05, 3.63) is 66.4 Å². The number of nitrogen functional groups attached to an aromatic ring is 1. The summed E-state index contributed by atoms with van der Waals surface area (Å²) in [6, 6.07) is 10.1. The van der Waals surface area contributed by atoms with Crippen LogP contribution in [-0.2, 0) is 6.54 Å². The van der Waals surface area contributed by atoms with Crippen molar-refractivity contribution in [2.24, 2.45) is 0 Å². The highest BCUT2D eigenvalue weighted by atomic mass is 19.1. The third kappa shape index (κ3) is 5.13. The molecule has 0 fully saturated rings. The van der Waals surface area contributed by atoms with Crippen molar-refractivity contribution in [3.8, 4) is 5.75 Å². The Hall–Kier alpha value is -3.75. The van der Waals surface area contributed by atoms with Gasteiger partial charge in [0.2, 0.25) is 0 Å². The third-order valence-corrected chi connectivity index (χ3v) is 3.69. The summed E-state index contributed by atoms with van der Waals surface area (Å²) < 4.78 is 17.2. The maximum Gasteiger partial charge on any atom is 0.274 e. The lowest BCUT2D eigenvalue weighted by Gasteiger charge is -2.10. The van der Waals surface area contributed by atoms with E-state index < -0.39 is 6.67 Å². The molecule has 0 atom stereocenters. The lowest BCUT2D eigenvalue weighted by Crippen LogP contribution is -2.14. The minimum atomic E-state index is -0.588. The zero-order valence-corrected chi connectivity index (χ0v) is 14.9. The van der Waals surface area contributed by atoms with Crippen LogP contribution in [0.2, 0.25) is 0 Å². The molecule has 1 amide bonds. The quantitative estimate of drug-likeness (QED) is 0.548. The molecule has 9 heteroatoms. The fourth-order valence-corrected chi connectivity index (χ4v) is 2.36. The fraction of sp³-hybridized carbons (Fsp3) is 0.158. The van der Waals surface area contributed by atoms with Gasteiger partial charge in [0.25, 0.3) is 5.91 Å². The molecule has 0 spiro atoms. The van der Waals surface area contributed by atoms with Crippen molar-refractivity contribution < 1.29 is 13.9 Å². The Morgan fingerprint density at radius 2 is 2.04 bits per heavy atom. The van der Waals surface area contributed by atoms with Crippen molar-refractivity contribution in [2.75, 3.05) is 29.6 Å². The molecular weight excluding hydrogens is 363 g/mol. The highest BCUT2D eigenvalue weighted by Crippen LogP contribution is 2.16. The van der Waals surface area contributed by atoms with Gasteiger partial charge >= 0.3 is 0 Å². The van der Waals surface area contributed by atoms with Crippen LogP contribution in [0.4, 0.5) is 21.6 Å². The Kier molecular flexibility index (Phi) is 6.29. The first-order valence-corrected chi connectivity index (χ1v) is 8.51. The van der Waals surface area contributed by atoms with Gasteiger partial charge in [-0.05, 0) is 36.4 Å². The molecule has 0 bridgehead atoms. The molecule has 0 aliphatic rings. The smallest absolute Gasteiger partial charge is 0.274 e. The average Bonchev–Trinajstić information content (AvgIpc) is 2.72. The number of nitrogens with one attached hydrogen (secondary N) is 2. The van der Waals surface area contributed by atoms with E-state index in [0.717, 1.165) is 0 Å². The Morgan fingerprint density at radius 3 is 2.79 bits per heavy atom. The number of carbonyl (C=O) groups excluding carboxylic acids is 1. The molecule has 0 aromatic carbocycles. The van der Waals surface area contributed by atoms with Crippen LogP contribution >= 0.6 is 0 Å². The van der Waals surface area contributed by atoms with Crippen molar-refractivity contribution >= 4 is 23.1 Å². The van der Waals surface area contributed by atoms with Gasteiger partial charge < -0.3 is 21.1 Å². The molecule has 8 nitrogen and oxygen atoms in total. The lowest BCUT2D eigenvalue weighted by molar-refractivity contribution is 0.102. The highest BCUT2D eigenvalue weighted by molar-refractivity contribution is 6.02. The topological polar surface area (TPSA) is 115 Å². The van der Waals surface area contributed by atoms with Gasteiger partial charge in [-0.2, -0.15) is 0 Å². The molecule has 3 aromatic heterocycles. The van der Waals surface area contributed by atoms with Gasteiger partial charge in [0.15, 0.2) is 0 Å². The molecule has 0 unspecified atom stereocenters. The summed E-state index contributed by atoms with van der Waals surface area (Å²) in [7, 11) is 0. The molecule has 0 saturated heterocycles. The molecule has 4 N–H and O–H groups in total. The molecule has 28 heavy (non-hydrogen) atoms. The number of pyridine rings is 3. The van der Waals surface area contributed by atoms with E-state index in [2.05, 4.69) is 25.6 Å². The number of anilines is 3. The predicted octanol–water partition coefficient (Wildman–Crippen LogP) is 2.67. The number of carbonyl (C=O) groups is 1. The number of hydrogen-bond acceptors (Lipinski definition) is 7. The number of halogens is 1. The van der Waals surface area contributed by atoms with E-state index in [9.17, 15) is 9.18 Å². The molecule has 0 radical (unpaired) electrons. The largest absolute Gasteiger partial charge is 0.489 e. The van der Waals surface area contributed by atoms with E-state index in [1.54, 1.807) is 36.7 Å². The maximum absolute atomic E-state index is 12.3. The molecular formula is C19H19FN6O2. The van der Waals surface area contributed by atoms with Gasteiger partial charge in [-0.25, -0.2) is 14.4 Å². The van der Waals surface area contributed by atoms with E-state index in [-0.39, 0.29) is 18.2 Å². The van der Waals surface area contributed by atoms with Crippen LogP contribution in [0.3, 0.4) is 0 Å². The van der Waals surface area contributed by atoms with E-state index in [1.807, 2.05) is 6.07 Å². The summed E-state index contributed by atoms with van der Waals surface area (Å²) in [5, 5.41) is 5.91. The minimum Gasteiger partial charge on any atom is -0.489 e. The lowest BCUT2D eigenvalue weighted by atomic mass is 10.2. The summed E-state index contributed by atoms with van der Waals surface area (Å²) in [5.41, 5.74) is 8.01. The monoisotopic (exact) mass is 382 g/mol. The standard InChI is InChI=1S/C19H19FN6O2/c20-6-9-28-15-3-4-17(25-12-15)19(27)26-13-5-8-22-14(10-13)11-24-16-2-1-7-23-18(16)21/h1-5,7-8,10,12,24H,6,9,11H2,(H2,21,23)(H,22,26,27). The van der Waals surface area contributed by atoms with Gasteiger partial charge in [0, 0.05) is 18.1 Å². The molecule has 0 saturated carbocycles. The molecule has 0 aliphatic heterocycles. The SMILES string of the molecule is Nc1ncccc1NCc1cc(NC(=O)c2ccc(OCCF)cn2)ccn1. The van der Waals surface area contributed by atoms with Crippen LogP contribution in [0, 0.1) is 0 Å². The van der Waals surface area contributed by atoms with Crippen LogP contribution in [0.1, 0.15) is 16.2 Å². The number of nitrogens with two attached hydrogens (primary N) is 1. The number of amides is 1. The number of hydrogen-bond donors (Lipinski definition) is 3. The summed E-state index contributed by atoms with van der Waals surface area (Å²) in [6.07, 6.45) is 4.59. The summed E-state index contributed by atoms with van der Waals surface area (Å²) in [6.45, 7) is -0.223. The number of aromatic nitrogens is 3. The zero-order chi connectivity index (χ0) is 19.8. The Morgan fingerprint density at radius 1 is 1.14 bits per heavy atom. The van der Waals surface area contributed by atoms with Crippen molar-refractivity contribution in [1.82, 2.24) is 15.0 Å². The first kappa shape index (κ1) is 19.0. The first-order chi connectivity index (χ1) is 13.7. The Balaban J connectivity index is 1.60. The zero-order valence-electron chi connectivity index (χ0n) is 14.9. The molecule has 3 rings (SSSR count). The fourth-order valence-electron chi connectivity index (χ4n) is 2.36. The van der Waals surface area contributed by atoms with Gasteiger partial charge in [0.05, 0.1) is 24.1 Å². The van der Waals surface area contributed by atoms with Crippen LogP contribution in [0.25, 0.3) is 0 Å². The second-order valence-electron chi connectivity index (χ2n) is 5.70. The number of ether oxygens (including phenoxy) is 1. The maximum atomic E-state index is 12.3. The Labute approximate surface area is 161 Å². The minimum absolute atomic E-state index is 0.0499. The third-order valence-electron chi connectivity index (χ3n) is 3.69. The molecule has 0 aliphatic carbocycles.